The highest BCUT2D eigenvalue weighted by molar-refractivity contribution is 5.39. The van der Waals surface area contributed by atoms with Crippen LogP contribution < -0.4 is 11.5 Å². The Labute approximate surface area is 79.9 Å². The molecule has 2 heteroatoms. The lowest BCUT2D eigenvalue weighted by Crippen LogP contribution is -2.07. The van der Waals surface area contributed by atoms with Crippen LogP contribution in [0.15, 0.2) is 24.3 Å². The van der Waals surface area contributed by atoms with Crippen molar-refractivity contribution in [3.63, 3.8) is 0 Å². The standard InChI is InChI=1S/C11H18N2/c1-9(6-7-12)8-10-2-4-11(13)5-3-10/h2-5,9H,6-8,12-13H2,1H3. The molecule has 0 aliphatic carbocycles. The molecule has 0 radical (unpaired) electrons. The van der Waals surface area contributed by atoms with Crippen LogP contribution in [0.3, 0.4) is 0 Å². The van der Waals surface area contributed by atoms with Crippen molar-refractivity contribution in [1.29, 1.82) is 0 Å². The zero-order chi connectivity index (χ0) is 9.68. The maximum absolute atomic E-state index is 5.60. The molecule has 0 aliphatic rings. The summed E-state index contributed by atoms with van der Waals surface area (Å²) in [5, 5.41) is 0. The second-order valence-electron chi connectivity index (χ2n) is 3.63. The van der Waals surface area contributed by atoms with Crippen LogP contribution in [0.25, 0.3) is 0 Å². The molecule has 72 valence electrons. The molecule has 0 saturated carbocycles. The molecule has 1 aromatic rings. The van der Waals surface area contributed by atoms with E-state index in [1.807, 2.05) is 12.1 Å². The van der Waals surface area contributed by atoms with Crippen molar-refractivity contribution in [3.8, 4) is 0 Å². The van der Waals surface area contributed by atoms with Crippen LogP contribution in [0.1, 0.15) is 18.9 Å². The lowest BCUT2D eigenvalue weighted by Gasteiger charge is -2.09. The van der Waals surface area contributed by atoms with Gasteiger partial charge in [-0.15, -0.1) is 0 Å². The Balaban J connectivity index is 2.49. The number of nitrogen functional groups attached to an aromatic ring is 1. The molecule has 0 heterocycles. The van der Waals surface area contributed by atoms with Crippen molar-refractivity contribution in [2.24, 2.45) is 11.7 Å². The van der Waals surface area contributed by atoms with Gasteiger partial charge in [0.2, 0.25) is 0 Å². The summed E-state index contributed by atoms with van der Waals surface area (Å²) >= 11 is 0. The lowest BCUT2D eigenvalue weighted by atomic mass is 9.98. The Bertz CT molecular complexity index is 241. The molecule has 0 amide bonds. The zero-order valence-electron chi connectivity index (χ0n) is 8.16. The smallest absolute Gasteiger partial charge is 0.0314 e. The minimum absolute atomic E-state index is 0.661. The van der Waals surface area contributed by atoms with E-state index in [4.69, 9.17) is 11.5 Å². The third-order valence-corrected chi connectivity index (χ3v) is 2.22. The summed E-state index contributed by atoms with van der Waals surface area (Å²) in [6.07, 6.45) is 2.18. The van der Waals surface area contributed by atoms with Crippen molar-refractivity contribution in [2.75, 3.05) is 12.3 Å². The molecule has 1 aromatic carbocycles. The van der Waals surface area contributed by atoms with Crippen molar-refractivity contribution >= 4 is 5.69 Å². The monoisotopic (exact) mass is 178 g/mol. The molecule has 1 atom stereocenters. The SMILES string of the molecule is CC(CCN)Cc1ccc(N)cc1. The molecule has 0 fully saturated rings. The van der Waals surface area contributed by atoms with Crippen LogP contribution in [0.5, 0.6) is 0 Å². The number of hydrogen-bond acceptors (Lipinski definition) is 2. The summed E-state index contributed by atoms with van der Waals surface area (Å²) in [5.41, 5.74) is 13.3. The van der Waals surface area contributed by atoms with E-state index in [9.17, 15) is 0 Å². The molecular formula is C11H18N2. The lowest BCUT2D eigenvalue weighted by molar-refractivity contribution is 0.538. The summed E-state index contributed by atoms with van der Waals surface area (Å²) in [5.74, 6) is 0.661. The first-order valence-corrected chi connectivity index (χ1v) is 4.77. The molecule has 0 aliphatic heterocycles. The number of hydrogen-bond donors (Lipinski definition) is 2. The van der Waals surface area contributed by atoms with E-state index < -0.39 is 0 Å². The van der Waals surface area contributed by atoms with Crippen LogP contribution in [-0.4, -0.2) is 6.54 Å². The molecule has 0 aromatic heterocycles. The molecule has 0 spiro atoms. The summed E-state index contributed by atoms with van der Waals surface area (Å²) in [7, 11) is 0. The van der Waals surface area contributed by atoms with Gasteiger partial charge in [0.25, 0.3) is 0 Å². The molecule has 4 N–H and O–H groups in total. The topological polar surface area (TPSA) is 52.0 Å². The second kappa shape index (κ2) is 4.87. The second-order valence-corrected chi connectivity index (χ2v) is 3.63. The van der Waals surface area contributed by atoms with Gasteiger partial charge in [0, 0.05) is 5.69 Å². The fourth-order valence-electron chi connectivity index (χ4n) is 1.44. The maximum atomic E-state index is 5.60. The highest BCUT2D eigenvalue weighted by atomic mass is 14.5. The first kappa shape index (κ1) is 10.1. The largest absolute Gasteiger partial charge is 0.399 e. The van der Waals surface area contributed by atoms with Crippen molar-refractivity contribution in [1.82, 2.24) is 0 Å². The van der Waals surface area contributed by atoms with E-state index in [1.54, 1.807) is 0 Å². The van der Waals surface area contributed by atoms with E-state index in [0.29, 0.717) is 5.92 Å². The first-order chi connectivity index (χ1) is 6.22. The van der Waals surface area contributed by atoms with Crippen LogP contribution in [0.2, 0.25) is 0 Å². The Morgan fingerprint density at radius 2 is 1.85 bits per heavy atom. The van der Waals surface area contributed by atoms with E-state index in [1.165, 1.54) is 5.56 Å². The molecule has 0 saturated heterocycles. The summed E-state index contributed by atoms with van der Waals surface area (Å²) in [4.78, 5) is 0. The Kier molecular flexibility index (Phi) is 3.77. The molecule has 2 nitrogen and oxygen atoms in total. The number of rotatable bonds is 4. The molecule has 0 bridgehead atoms. The average molecular weight is 178 g/mol. The first-order valence-electron chi connectivity index (χ1n) is 4.77. The normalized spacial score (nSPS) is 12.8. The zero-order valence-corrected chi connectivity index (χ0v) is 8.16. The number of benzene rings is 1. The summed E-state index contributed by atoms with van der Waals surface area (Å²) < 4.78 is 0. The van der Waals surface area contributed by atoms with Crippen molar-refractivity contribution in [3.05, 3.63) is 29.8 Å². The average Bonchev–Trinajstić information content (AvgIpc) is 2.09. The number of nitrogens with two attached hydrogens (primary N) is 2. The van der Waals surface area contributed by atoms with Gasteiger partial charge in [0.1, 0.15) is 0 Å². The van der Waals surface area contributed by atoms with Gasteiger partial charge in [0.15, 0.2) is 0 Å². The van der Waals surface area contributed by atoms with Crippen LogP contribution in [-0.2, 0) is 6.42 Å². The van der Waals surface area contributed by atoms with Crippen molar-refractivity contribution in [2.45, 2.75) is 19.8 Å². The summed E-state index contributed by atoms with van der Waals surface area (Å²) in [6, 6.07) is 8.07. The maximum Gasteiger partial charge on any atom is 0.0314 e. The highest BCUT2D eigenvalue weighted by Crippen LogP contribution is 2.12. The summed E-state index contributed by atoms with van der Waals surface area (Å²) in [6.45, 7) is 3.00. The van der Waals surface area contributed by atoms with E-state index in [-0.39, 0.29) is 0 Å². The third-order valence-electron chi connectivity index (χ3n) is 2.22. The molecule has 13 heavy (non-hydrogen) atoms. The van der Waals surface area contributed by atoms with Gasteiger partial charge in [-0.05, 0) is 43.0 Å². The predicted molar refractivity (Wildman–Crippen MR) is 57.4 cm³/mol. The molecule has 1 unspecified atom stereocenters. The van der Waals surface area contributed by atoms with E-state index in [2.05, 4.69) is 19.1 Å². The van der Waals surface area contributed by atoms with Gasteiger partial charge in [-0.2, -0.15) is 0 Å². The molecular weight excluding hydrogens is 160 g/mol. The van der Waals surface area contributed by atoms with Crippen LogP contribution in [0, 0.1) is 5.92 Å². The van der Waals surface area contributed by atoms with E-state index >= 15 is 0 Å². The van der Waals surface area contributed by atoms with E-state index in [0.717, 1.165) is 25.1 Å². The van der Waals surface area contributed by atoms with Crippen LogP contribution in [0.4, 0.5) is 5.69 Å². The minimum Gasteiger partial charge on any atom is -0.399 e. The fourth-order valence-corrected chi connectivity index (χ4v) is 1.44. The van der Waals surface area contributed by atoms with Gasteiger partial charge in [0.05, 0.1) is 0 Å². The van der Waals surface area contributed by atoms with Gasteiger partial charge in [-0.1, -0.05) is 19.1 Å². The fraction of sp³-hybridized carbons (Fsp3) is 0.455. The van der Waals surface area contributed by atoms with Gasteiger partial charge in [-0.25, -0.2) is 0 Å². The predicted octanol–water partition coefficient (Wildman–Crippen LogP) is 1.80. The quantitative estimate of drug-likeness (QED) is 0.691. The van der Waals surface area contributed by atoms with Gasteiger partial charge in [-0.3, -0.25) is 0 Å². The Morgan fingerprint density at radius 1 is 1.23 bits per heavy atom. The minimum atomic E-state index is 0.661. The van der Waals surface area contributed by atoms with Gasteiger partial charge < -0.3 is 11.5 Å². The Hall–Kier alpha value is -1.02. The Morgan fingerprint density at radius 3 is 2.38 bits per heavy atom. The van der Waals surface area contributed by atoms with Crippen molar-refractivity contribution < 1.29 is 0 Å². The highest BCUT2D eigenvalue weighted by Gasteiger charge is 2.01. The third kappa shape index (κ3) is 3.47. The molecule has 1 rings (SSSR count). The number of anilines is 1. The van der Waals surface area contributed by atoms with Crippen LogP contribution >= 0.6 is 0 Å². The van der Waals surface area contributed by atoms with Gasteiger partial charge >= 0.3 is 0 Å².